The van der Waals surface area contributed by atoms with Crippen LogP contribution in [0.2, 0.25) is 0 Å². The number of hydrogen-bond donors (Lipinski definition) is 1. The van der Waals surface area contributed by atoms with Gasteiger partial charge in [0.2, 0.25) is 0 Å². The summed E-state index contributed by atoms with van der Waals surface area (Å²) >= 11 is 5.78. The van der Waals surface area contributed by atoms with E-state index in [-0.39, 0.29) is 5.69 Å². The number of benzene rings is 1. The Hall–Kier alpha value is -2.41. The molecule has 0 aliphatic rings. The van der Waals surface area contributed by atoms with Crippen molar-refractivity contribution in [3.05, 3.63) is 59.6 Å². The smallest absolute Gasteiger partial charge is 0.318 e. The molecule has 0 saturated carbocycles. The molecule has 1 heterocycles. The molecule has 1 amide bonds. The van der Waals surface area contributed by atoms with E-state index in [1.54, 1.807) is 17.4 Å². The molecule has 0 saturated heterocycles. The normalized spacial score (nSPS) is 12.1. The third-order valence-corrected chi connectivity index (χ3v) is 2.87. The Morgan fingerprint density at radius 3 is 2.64 bits per heavy atom. The molecular formula is C14H9ClF3N3O. The fraction of sp³-hybridized carbons (Fsp3) is 0.0714. The van der Waals surface area contributed by atoms with Crippen LogP contribution in [-0.2, 0) is 4.79 Å². The molecule has 4 nitrogen and oxygen atoms in total. The number of nitrogens with zero attached hydrogens (tertiary/aromatic N) is 2. The minimum atomic E-state index is -4.95. The maximum atomic E-state index is 12.3. The zero-order valence-corrected chi connectivity index (χ0v) is 11.7. The van der Waals surface area contributed by atoms with E-state index in [1.165, 1.54) is 36.3 Å². The molecule has 1 N–H and O–H groups in total. The van der Waals surface area contributed by atoms with E-state index in [1.807, 2.05) is 0 Å². The lowest BCUT2D eigenvalue weighted by Gasteiger charge is -2.10. The summed E-state index contributed by atoms with van der Waals surface area (Å²) in [6.07, 6.45) is -2.11. The first-order valence-electron chi connectivity index (χ1n) is 5.97. The number of aromatic nitrogens is 2. The fourth-order valence-electron chi connectivity index (χ4n) is 1.68. The van der Waals surface area contributed by atoms with Crippen molar-refractivity contribution < 1.29 is 18.0 Å². The topological polar surface area (TPSA) is 54.9 Å². The molecule has 0 radical (unpaired) electrons. The minimum Gasteiger partial charge on any atom is -0.318 e. The van der Waals surface area contributed by atoms with Gasteiger partial charge in [0.05, 0.1) is 5.69 Å². The van der Waals surface area contributed by atoms with Crippen LogP contribution < -0.4 is 5.32 Å². The quantitative estimate of drug-likeness (QED) is 0.937. The second-order valence-corrected chi connectivity index (χ2v) is 4.37. The summed E-state index contributed by atoms with van der Waals surface area (Å²) in [5.41, 5.74) is 2.77. The summed E-state index contributed by atoms with van der Waals surface area (Å²) < 4.78 is 36.8. The van der Waals surface area contributed by atoms with Gasteiger partial charge in [-0.25, -0.2) is 9.97 Å². The number of amides is 1. The standard InChI is InChI=1S/C14H9ClF3N3O/c15-7-11(12-4-5-19-8-20-12)9-2-1-3-10(6-9)21-13(22)14(16,17)18/h1-8H,(H,21,22). The van der Waals surface area contributed by atoms with Crippen LogP contribution in [0.3, 0.4) is 0 Å². The van der Waals surface area contributed by atoms with Gasteiger partial charge in [-0.1, -0.05) is 23.7 Å². The lowest BCUT2D eigenvalue weighted by Crippen LogP contribution is -2.29. The third kappa shape index (κ3) is 3.82. The maximum absolute atomic E-state index is 12.3. The molecule has 22 heavy (non-hydrogen) atoms. The van der Waals surface area contributed by atoms with Crippen molar-refractivity contribution in [1.82, 2.24) is 9.97 Å². The first kappa shape index (κ1) is 16.0. The summed E-state index contributed by atoms with van der Waals surface area (Å²) in [5.74, 6) is -2.04. The van der Waals surface area contributed by atoms with Gasteiger partial charge in [-0.3, -0.25) is 4.79 Å². The summed E-state index contributed by atoms with van der Waals surface area (Å²) in [6.45, 7) is 0. The van der Waals surface area contributed by atoms with Gasteiger partial charge >= 0.3 is 12.1 Å². The lowest BCUT2D eigenvalue weighted by atomic mass is 10.0. The number of alkyl halides is 3. The number of hydrogen-bond acceptors (Lipinski definition) is 3. The van der Waals surface area contributed by atoms with Gasteiger partial charge < -0.3 is 5.32 Å². The van der Waals surface area contributed by atoms with Crippen molar-refractivity contribution in [2.24, 2.45) is 0 Å². The first-order chi connectivity index (χ1) is 10.4. The Morgan fingerprint density at radius 1 is 1.27 bits per heavy atom. The number of rotatable bonds is 3. The Balaban J connectivity index is 2.30. The van der Waals surface area contributed by atoms with E-state index in [0.29, 0.717) is 16.8 Å². The van der Waals surface area contributed by atoms with Gasteiger partial charge in [0, 0.05) is 23.0 Å². The van der Waals surface area contributed by atoms with Crippen LogP contribution in [0.25, 0.3) is 5.57 Å². The van der Waals surface area contributed by atoms with Crippen LogP contribution in [0.5, 0.6) is 0 Å². The Morgan fingerprint density at radius 2 is 2.05 bits per heavy atom. The van der Waals surface area contributed by atoms with Crippen LogP contribution in [0.15, 0.2) is 48.4 Å². The summed E-state index contributed by atoms with van der Waals surface area (Å²) in [7, 11) is 0. The van der Waals surface area contributed by atoms with E-state index < -0.39 is 12.1 Å². The van der Waals surface area contributed by atoms with Gasteiger partial charge in [-0.05, 0) is 23.8 Å². The van der Waals surface area contributed by atoms with E-state index in [2.05, 4.69) is 9.97 Å². The monoisotopic (exact) mass is 327 g/mol. The first-order valence-corrected chi connectivity index (χ1v) is 6.41. The van der Waals surface area contributed by atoms with Crippen LogP contribution in [0, 0.1) is 0 Å². The molecule has 0 atom stereocenters. The highest BCUT2D eigenvalue weighted by Crippen LogP contribution is 2.25. The van der Waals surface area contributed by atoms with E-state index in [9.17, 15) is 18.0 Å². The van der Waals surface area contributed by atoms with Crippen molar-refractivity contribution >= 4 is 28.8 Å². The van der Waals surface area contributed by atoms with E-state index in [0.717, 1.165) is 0 Å². The largest absolute Gasteiger partial charge is 0.471 e. The molecule has 8 heteroatoms. The van der Waals surface area contributed by atoms with Gasteiger partial charge in [0.25, 0.3) is 0 Å². The molecule has 0 aliphatic heterocycles. The van der Waals surface area contributed by atoms with Crippen LogP contribution >= 0.6 is 11.6 Å². The molecule has 2 aromatic rings. The molecule has 0 bridgehead atoms. The number of halogens is 4. The summed E-state index contributed by atoms with van der Waals surface area (Å²) in [6, 6.07) is 7.47. The Labute approximate surface area is 128 Å². The van der Waals surface area contributed by atoms with Crippen molar-refractivity contribution in [2.45, 2.75) is 6.18 Å². The van der Waals surface area contributed by atoms with Crippen LogP contribution in [0.4, 0.5) is 18.9 Å². The second-order valence-electron chi connectivity index (χ2n) is 4.15. The highest BCUT2D eigenvalue weighted by molar-refractivity contribution is 6.29. The molecule has 1 aromatic heterocycles. The number of carbonyl (C=O) groups excluding carboxylic acids is 1. The van der Waals surface area contributed by atoms with E-state index in [4.69, 9.17) is 11.6 Å². The number of carbonyl (C=O) groups is 1. The van der Waals surface area contributed by atoms with Crippen LogP contribution in [0.1, 0.15) is 11.3 Å². The molecule has 0 aliphatic carbocycles. The second kappa shape index (κ2) is 6.57. The molecule has 0 unspecified atom stereocenters. The Kier molecular flexibility index (Phi) is 4.77. The molecule has 0 fully saturated rings. The minimum absolute atomic E-state index is 0.00453. The average molecular weight is 328 g/mol. The van der Waals surface area contributed by atoms with Gasteiger partial charge in [0.15, 0.2) is 0 Å². The van der Waals surface area contributed by atoms with Crippen molar-refractivity contribution in [3.63, 3.8) is 0 Å². The third-order valence-electron chi connectivity index (χ3n) is 2.66. The van der Waals surface area contributed by atoms with Crippen molar-refractivity contribution in [2.75, 3.05) is 5.32 Å². The summed E-state index contributed by atoms with van der Waals surface area (Å²) in [4.78, 5) is 18.8. The van der Waals surface area contributed by atoms with Crippen molar-refractivity contribution in [1.29, 1.82) is 0 Å². The van der Waals surface area contributed by atoms with Crippen LogP contribution in [-0.4, -0.2) is 22.1 Å². The van der Waals surface area contributed by atoms with Gasteiger partial charge in [-0.15, -0.1) is 0 Å². The van der Waals surface area contributed by atoms with E-state index >= 15 is 0 Å². The molecule has 1 aromatic carbocycles. The predicted octanol–water partition coefficient (Wildman–Crippen LogP) is 3.61. The molecule has 114 valence electrons. The predicted molar refractivity (Wildman–Crippen MR) is 76.1 cm³/mol. The maximum Gasteiger partial charge on any atom is 0.471 e. The molecular weight excluding hydrogens is 319 g/mol. The Bertz CT molecular complexity index is 702. The fourth-order valence-corrected chi connectivity index (χ4v) is 1.92. The zero-order valence-electron chi connectivity index (χ0n) is 10.9. The SMILES string of the molecule is O=C(Nc1cccc(C(=CCl)c2ccncn2)c1)C(F)(F)F. The number of nitrogens with one attached hydrogen (secondary N) is 1. The average Bonchev–Trinajstić information content (AvgIpc) is 2.48. The zero-order chi connectivity index (χ0) is 16.2. The molecule has 2 rings (SSSR count). The highest BCUT2D eigenvalue weighted by Gasteiger charge is 2.38. The number of anilines is 1. The van der Waals surface area contributed by atoms with Gasteiger partial charge in [-0.2, -0.15) is 13.2 Å². The van der Waals surface area contributed by atoms with Gasteiger partial charge in [0.1, 0.15) is 6.33 Å². The highest BCUT2D eigenvalue weighted by atomic mass is 35.5. The summed E-state index contributed by atoms with van der Waals surface area (Å²) in [5, 5.41) is 1.79. The van der Waals surface area contributed by atoms with Crippen molar-refractivity contribution in [3.8, 4) is 0 Å². The molecule has 0 spiro atoms. The lowest BCUT2D eigenvalue weighted by molar-refractivity contribution is -0.167.